The quantitative estimate of drug-likeness (QED) is 0.764. The van der Waals surface area contributed by atoms with E-state index >= 15 is 0 Å². The molecule has 20 heavy (non-hydrogen) atoms. The van der Waals surface area contributed by atoms with Gasteiger partial charge in [0.15, 0.2) is 5.82 Å². The monoisotopic (exact) mass is 266 g/mol. The fourth-order valence-corrected chi connectivity index (χ4v) is 2.21. The van der Waals surface area contributed by atoms with Crippen LogP contribution in [0.1, 0.15) is 5.56 Å². The number of hydrogen-bond donors (Lipinski definition) is 2. The number of rotatable bonds is 3. The molecule has 0 bridgehead atoms. The number of benzene rings is 2. The molecule has 0 radical (unpaired) electrons. The van der Waals surface area contributed by atoms with Crippen LogP contribution in [0.15, 0.2) is 54.6 Å². The van der Waals surface area contributed by atoms with E-state index < -0.39 is 6.03 Å². The zero-order valence-corrected chi connectivity index (χ0v) is 10.8. The molecule has 0 unspecified atom stereocenters. The Morgan fingerprint density at radius 2 is 1.80 bits per heavy atom. The van der Waals surface area contributed by atoms with Gasteiger partial charge >= 0.3 is 6.03 Å². The van der Waals surface area contributed by atoms with Crippen LogP contribution in [-0.4, -0.2) is 15.8 Å². The predicted molar refractivity (Wildman–Crippen MR) is 78.5 cm³/mol. The van der Waals surface area contributed by atoms with Crippen molar-refractivity contribution >= 4 is 22.8 Å². The molecule has 100 valence electrons. The van der Waals surface area contributed by atoms with E-state index in [-0.39, 0.29) is 0 Å². The van der Waals surface area contributed by atoms with Crippen molar-refractivity contribution in [3.05, 3.63) is 60.2 Å². The molecule has 2 amide bonds. The summed E-state index contributed by atoms with van der Waals surface area (Å²) < 4.78 is 1.86. The molecule has 0 saturated carbocycles. The summed E-state index contributed by atoms with van der Waals surface area (Å²) in [5.41, 5.74) is 7.28. The van der Waals surface area contributed by atoms with E-state index in [2.05, 4.69) is 10.4 Å². The highest BCUT2D eigenvalue weighted by Crippen LogP contribution is 2.23. The molecule has 0 fully saturated rings. The number of nitrogens with one attached hydrogen (secondary N) is 1. The molecule has 0 saturated heterocycles. The van der Waals surface area contributed by atoms with Crippen molar-refractivity contribution in [3.8, 4) is 0 Å². The molecule has 1 heterocycles. The van der Waals surface area contributed by atoms with Crippen LogP contribution in [0, 0.1) is 0 Å². The second-order valence-electron chi connectivity index (χ2n) is 4.50. The predicted octanol–water partition coefficient (Wildman–Crippen LogP) is 2.58. The fourth-order valence-electron chi connectivity index (χ4n) is 2.21. The minimum Gasteiger partial charge on any atom is -0.351 e. The molecule has 0 aliphatic carbocycles. The SMILES string of the molecule is NC(=O)Nc1nn(Cc2ccccc2)c2ccccc12. The number of carbonyl (C=O) groups excluding carboxylic acids is 1. The number of carbonyl (C=O) groups is 1. The standard InChI is InChI=1S/C15H14N4O/c16-15(20)17-14-12-8-4-5-9-13(12)19(18-14)10-11-6-2-1-3-7-11/h1-9H,10H2,(H3,16,17,18,20). The van der Waals surface area contributed by atoms with Gasteiger partial charge in [-0.1, -0.05) is 42.5 Å². The fraction of sp³-hybridized carbons (Fsp3) is 0.0667. The van der Waals surface area contributed by atoms with Crippen LogP contribution in [0.2, 0.25) is 0 Å². The third-order valence-electron chi connectivity index (χ3n) is 3.07. The molecular weight excluding hydrogens is 252 g/mol. The Kier molecular flexibility index (Phi) is 3.09. The van der Waals surface area contributed by atoms with Gasteiger partial charge < -0.3 is 5.73 Å². The van der Waals surface area contributed by atoms with Crippen molar-refractivity contribution in [2.24, 2.45) is 5.73 Å². The average Bonchev–Trinajstić information content (AvgIpc) is 2.78. The topological polar surface area (TPSA) is 72.9 Å². The molecule has 5 nitrogen and oxygen atoms in total. The Bertz CT molecular complexity index is 749. The summed E-state index contributed by atoms with van der Waals surface area (Å²) in [6.45, 7) is 0.641. The molecule has 0 spiro atoms. The van der Waals surface area contributed by atoms with Crippen LogP contribution in [0.5, 0.6) is 0 Å². The lowest BCUT2D eigenvalue weighted by Gasteiger charge is -2.03. The third-order valence-corrected chi connectivity index (χ3v) is 3.07. The number of anilines is 1. The molecule has 2 aromatic carbocycles. The largest absolute Gasteiger partial charge is 0.351 e. The average molecular weight is 266 g/mol. The Hall–Kier alpha value is -2.82. The van der Waals surface area contributed by atoms with Gasteiger partial charge in [-0.25, -0.2) is 4.79 Å². The summed E-state index contributed by atoms with van der Waals surface area (Å²) in [6.07, 6.45) is 0. The lowest BCUT2D eigenvalue weighted by Crippen LogP contribution is -2.19. The molecule has 0 aliphatic heterocycles. The highest BCUT2D eigenvalue weighted by atomic mass is 16.2. The molecule has 0 aliphatic rings. The van der Waals surface area contributed by atoms with Crippen molar-refractivity contribution in [3.63, 3.8) is 0 Å². The highest BCUT2D eigenvalue weighted by Gasteiger charge is 2.11. The second kappa shape index (κ2) is 5.05. The van der Waals surface area contributed by atoms with Gasteiger partial charge in [-0.15, -0.1) is 0 Å². The zero-order chi connectivity index (χ0) is 13.9. The Labute approximate surface area is 116 Å². The maximum atomic E-state index is 11.0. The maximum absolute atomic E-state index is 11.0. The van der Waals surface area contributed by atoms with Gasteiger partial charge in [-0.3, -0.25) is 10.00 Å². The van der Waals surface area contributed by atoms with E-state index in [1.165, 1.54) is 0 Å². The molecular formula is C15H14N4O. The van der Waals surface area contributed by atoms with Gasteiger partial charge in [-0.2, -0.15) is 5.10 Å². The van der Waals surface area contributed by atoms with Crippen LogP contribution in [0.4, 0.5) is 10.6 Å². The van der Waals surface area contributed by atoms with E-state index in [1.54, 1.807) is 0 Å². The van der Waals surface area contributed by atoms with Crippen LogP contribution in [-0.2, 0) is 6.54 Å². The molecule has 3 N–H and O–H groups in total. The molecule has 1 aromatic heterocycles. The summed E-state index contributed by atoms with van der Waals surface area (Å²) in [7, 11) is 0. The van der Waals surface area contributed by atoms with E-state index in [0.29, 0.717) is 12.4 Å². The first-order chi connectivity index (χ1) is 9.74. The molecule has 5 heteroatoms. The van der Waals surface area contributed by atoms with Gasteiger partial charge in [0.25, 0.3) is 0 Å². The summed E-state index contributed by atoms with van der Waals surface area (Å²) in [5.74, 6) is 0.490. The number of fused-ring (bicyclic) bond motifs is 1. The van der Waals surface area contributed by atoms with Crippen molar-refractivity contribution in [1.82, 2.24) is 9.78 Å². The Balaban J connectivity index is 2.04. The maximum Gasteiger partial charge on any atom is 0.317 e. The van der Waals surface area contributed by atoms with Crippen molar-refractivity contribution in [2.75, 3.05) is 5.32 Å². The lowest BCUT2D eigenvalue weighted by molar-refractivity contribution is 0.259. The van der Waals surface area contributed by atoms with E-state index in [0.717, 1.165) is 16.5 Å². The minimum atomic E-state index is -0.611. The number of hydrogen-bond acceptors (Lipinski definition) is 2. The summed E-state index contributed by atoms with van der Waals surface area (Å²) >= 11 is 0. The number of urea groups is 1. The molecule has 3 aromatic rings. The number of nitrogens with two attached hydrogens (primary N) is 1. The second-order valence-corrected chi connectivity index (χ2v) is 4.50. The Morgan fingerprint density at radius 3 is 2.55 bits per heavy atom. The van der Waals surface area contributed by atoms with E-state index in [9.17, 15) is 4.79 Å². The summed E-state index contributed by atoms with van der Waals surface area (Å²) in [5, 5.41) is 7.87. The van der Waals surface area contributed by atoms with Crippen molar-refractivity contribution < 1.29 is 4.79 Å². The summed E-state index contributed by atoms with van der Waals surface area (Å²) in [4.78, 5) is 11.0. The van der Waals surface area contributed by atoms with Crippen LogP contribution >= 0.6 is 0 Å². The van der Waals surface area contributed by atoms with E-state index in [1.807, 2.05) is 59.3 Å². The van der Waals surface area contributed by atoms with Gasteiger partial charge in [0, 0.05) is 5.39 Å². The van der Waals surface area contributed by atoms with Gasteiger partial charge in [-0.05, 0) is 17.7 Å². The van der Waals surface area contributed by atoms with Crippen molar-refractivity contribution in [2.45, 2.75) is 6.54 Å². The first kappa shape index (κ1) is 12.2. The molecule has 3 rings (SSSR count). The first-order valence-corrected chi connectivity index (χ1v) is 6.30. The van der Waals surface area contributed by atoms with Gasteiger partial charge in [0.05, 0.1) is 12.1 Å². The van der Waals surface area contributed by atoms with Crippen LogP contribution in [0.25, 0.3) is 10.9 Å². The van der Waals surface area contributed by atoms with Crippen LogP contribution in [0.3, 0.4) is 0 Å². The number of nitrogens with zero attached hydrogens (tertiary/aromatic N) is 2. The normalized spacial score (nSPS) is 10.6. The first-order valence-electron chi connectivity index (χ1n) is 6.30. The number of aromatic nitrogens is 2. The number of amides is 2. The van der Waals surface area contributed by atoms with Gasteiger partial charge in [0.2, 0.25) is 0 Å². The van der Waals surface area contributed by atoms with E-state index in [4.69, 9.17) is 5.73 Å². The number of para-hydroxylation sites is 1. The van der Waals surface area contributed by atoms with Crippen LogP contribution < -0.4 is 11.1 Å². The highest BCUT2D eigenvalue weighted by molar-refractivity contribution is 5.98. The lowest BCUT2D eigenvalue weighted by atomic mass is 10.2. The zero-order valence-electron chi connectivity index (χ0n) is 10.8. The smallest absolute Gasteiger partial charge is 0.317 e. The summed E-state index contributed by atoms with van der Waals surface area (Å²) in [6, 6.07) is 17.2. The minimum absolute atomic E-state index is 0.490. The van der Waals surface area contributed by atoms with Crippen molar-refractivity contribution in [1.29, 1.82) is 0 Å². The third kappa shape index (κ3) is 2.33. The molecule has 0 atom stereocenters. The Morgan fingerprint density at radius 1 is 1.10 bits per heavy atom. The van der Waals surface area contributed by atoms with Gasteiger partial charge in [0.1, 0.15) is 0 Å². The number of primary amides is 1.